The Labute approximate surface area is 93.6 Å². The van der Waals surface area contributed by atoms with Crippen molar-refractivity contribution >= 4 is 11.6 Å². The molecular formula is C10H13ClN2O2. The Balaban J connectivity index is 2.22. The van der Waals surface area contributed by atoms with Gasteiger partial charge in [0.2, 0.25) is 0 Å². The van der Waals surface area contributed by atoms with Crippen molar-refractivity contribution < 1.29 is 9.47 Å². The molecule has 2 heterocycles. The van der Waals surface area contributed by atoms with E-state index in [0.717, 1.165) is 12.1 Å². The summed E-state index contributed by atoms with van der Waals surface area (Å²) in [5.74, 6) is 0.624. The smallest absolute Gasteiger partial charge is 0.161 e. The van der Waals surface area contributed by atoms with Crippen LogP contribution < -0.4 is 0 Å². The van der Waals surface area contributed by atoms with Crippen LogP contribution in [0.15, 0.2) is 6.07 Å². The molecule has 0 radical (unpaired) electrons. The zero-order chi connectivity index (χ0) is 10.7. The normalized spacial score (nSPS) is 21.6. The Hall–Kier alpha value is -0.710. The summed E-state index contributed by atoms with van der Waals surface area (Å²) in [4.78, 5) is 8.53. The van der Waals surface area contributed by atoms with E-state index in [1.807, 2.05) is 6.92 Å². The van der Waals surface area contributed by atoms with Gasteiger partial charge in [-0.1, -0.05) is 18.5 Å². The monoisotopic (exact) mass is 228 g/mol. The van der Waals surface area contributed by atoms with Gasteiger partial charge in [0.05, 0.1) is 19.8 Å². The van der Waals surface area contributed by atoms with Gasteiger partial charge in [-0.15, -0.1) is 0 Å². The summed E-state index contributed by atoms with van der Waals surface area (Å²) in [5.41, 5.74) is 0.930. The van der Waals surface area contributed by atoms with Crippen molar-refractivity contribution in [3.8, 4) is 0 Å². The fourth-order valence-electron chi connectivity index (χ4n) is 1.45. The third-order valence-electron chi connectivity index (χ3n) is 2.23. The van der Waals surface area contributed by atoms with Crippen LogP contribution in [0.2, 0.25) is 5.15 Å². The number of hydrogen-bond donors (Lipinski definition) is 0. The average Bonchev–Trinajstić information content (AvgIpc) is 2.29. The molecule has 1 atom stereocenters. The molecule has 0 bridgehead atoms. The second-order valence-corrected chi connectivity index (χ2v) is 3.72. The Morgan fingerprint density at radius 1 is 1.47 bits per heavy atom. The van der Waals surface area contributed by atoms with Gasteiger partial charge in [0, 0.05) is 5.69 Å². The molecule has 2 rings (SSSR count). The lowest BCUT2D eigenvalue weighted by molar-refractivity contribution is -0.0935. The third-order valence-corrected chi connectivity index (χ3v) is 2.43. The SMILES string of the molecule is CCc1cc(Cl)nc(C2COCCO2)n1. The maximum Gasteiger partial charge on any atom is 0.161 e. The van der Waals surface area contributed by atoms with Gasteiger partial charge < -0.3 is 9.47 Å². The van der Waals surface area contributed by atoms with E-state index in [1.54, 1.807) is 6.07 Å². The molecule has 1 unspecified atom stereocenters. The summed E-state index contributed by atoms with van der Waals surface area (Å²) in [5, 5.41) is 0.464. The predicted octanol–water partition coefficient (Wildman–Crippen LogP) is 1.78. The number of aryl methyl sites for hydroxylation is 1. The molecule has 1 aliphatic rings. The highest BCUT2D eigenvalue weighted by atomic mass is 35.5. The van der Waals surface area contributed by atoms with Crippen molar-refractivity contribution in [3.05, 3.63) is 22.7 Å². The van der Waals surface area contributed by atoms with Crippen LogP contribution in [0.25, 0.3) is 0 Å². The van der Waals surface area contributed by atoms with Crippen LogP contribution in [-0.2, 0) is 15.9 Å². The standard InChI is InChI=1S/C10H13ClN2O2/c1-2-7-5-9(11)13-10(12-7)8-6-14-3-4-15-8/h5,8H,2-4,6H2,1H3. The van der Waals surface area contributed by atoms with Crippen molar-refractivity contribution in [1.82, 2.24) is 9.97 Å². The van der Waals surface area contributed by atoms with E-state index in [2.05, 4.69) is 9.97 Å². The van der Waals surface area contributed by atoms with Crippen molar-refractivity contribution in [3.63, 3.8) is 0 Å². The minimum atomic E-state index is -0.178. The Morgan fingerprint density at radius 3 is 3.00 bits per heavy atom. The van der Waals surface area contributed by atoms with Crippen LogP contribution in [0, 0.1) is 0 Å². The van der Waals surface area contributed by atoms with E-state index in [4.69, 9.17) is 21.1 Å². The highest BCUT2D eigenvalue weighted by Gasteiger charge is 2.20. The number of aromatic nitrogens is 2. The van der Waals surface area contributed by atoms with Gasteiger partial charge in [-0.2, -0.15) is 0 Å². The zero-order valence-corrected chi connectivity index (χ0v) is 9.33. The van der Waals surface area contributed by atoms with Gasteiger partial charge >= 0.3 is 0 Å². The molecule has 1 aromatic rings. The second-order valence-electron chi connectivity index (χ2n) is 3.33. The van der Waals surface area contributed by atoms with Gasteiger partial charge in [0.1, 0.15) is 11.3 Å². The maximum absolute atomic E-state index is 5.90. The molecule has 1 aromatic heterocycles. The molecule has 15 heavy (non-hydrogen) atoms. The molecule has 1 aliphatic heterocycles. The van der Waals surface area contributed by atoms with Gasteiger partial charge in [0.15, 0.2) is 5.82 Å². The lowest BCUT2D eigenvalue weighted by Crippen LogP contribution is -2.24. The minimum Gasteiger partial charge on any atom is -0.376 e. The van der Waals surface area contributed by atoms with Crippen LogP contribution in [0.1, 0.15) is 24.5 Å². The van der Waals surface area contributed by atoms with Crippen molar-refractivity contribution in [2.75, 3.05) is 19.8 Å². The summed E-state index contributed by atoms with van der Waals surface area (Å²) in [6.45, 7) is 3.75. The summed E-state index contributed by atoms with van der Waals surface area (Å²) in [7, 11) is 0. The number of ether oxygens (including phenoxy) is 2. The Bertz CT molecular complexity index is 340. The fraction of sp³-hybridized carbons (Fsp3) is 0.600. The first-order valence-electron chi connectivity index (χ1n) is 5.02. The molecule has 0 saturated carbocycles. The van der Waals surface area contributed by atoms with Crippen LogP contribution in [0.5, 0.6) is 0 Å². The minimum absolute atomic E-state index is 0.178. The van der Waals surface area contributed by atoms with Crippen molar-refractivity contribution in [2.24, 2.45) is 0 Å². The molecule has 4 nitrogen and oxygen atoms in total. The largest absolute Gasteiger partial charge is 0.376 e. The molecule has 0 amide bonds. The third kappa shape index (κ3) is 2.65. The van der Waals surface area contributed by atoms with Crippen LogP contribution >= 0.6 is 11.6 Å². The zero-order valence-electron chi connectivity index (χ0n) is 8.57. The fourth-order valence-corrected chi connectivity index (χ4v) is 1.66. The van der Waals surface area contributed by atoms with Crippen LogP contribution in [0.3, 0.4) is 0 Å². The van der Waals surface area contributed by atoms with Crippen molar-refractivity contribution in [1.29, 1.82) is 0 Å². The highest BCUT2D eigenvalue weighted by Crippen LogP contribution is 2.19. The molecule has 1 fully saturated rings. The molecule has 5 heteroatoms. The highest BCUT2D eigenvalue weighted by molar-refractivity contribution is 6.29. The quantitative estimate of drug-likeness (QED) is 0.724. The lowest BCUT2D eigenvalue weighted by atomic mass is 10.3. The van der Waals surface area contributed by atoms with Crippen LogP contribution in [0.4, 0.5) is 0 Å². The number of nitrogens with zero attached hydrogens (tertiary/aromatic N) is 2. The first-order valence-corrected chi connectivity index (χ1v) is 5.40. The molecule has 0 N–H and O–H groups in total. The molecular weight excluding hydrogens is 216 g/mol. The summed E-state index contributed by atoms with van der Waals surface area (Å²) < 4.78 is 10.8. The van der Waals surface area contributed by atoms with E-state index in [-0.39, 0.29) is 6.10 Å². The molecule has 1 saturated heterocycles. The van der Waals surface area contributed by atoms with Crippen LogP contribution in [-0.4, -0.2) is 29.8 Å². The van der Waals surface area contributed by atoms with Gasteiger partial charge in [-0.05, 0) is 12.5 Å². The second kappa shape index (κ2) is 4.88. The predicted molar refractivity (Wildman–Crippen MR) is 55.9 cm³/mol. The summed E-state index contributed by atoms with van der Waals surface area (Å²) >= 11 is 5.90. The Kier molecular flexibility index (Phi) is 3.51. The van der Waals surface area contributed by atoms with E-state index in [0.29, 0.717) is 30.8 Å². The molecule has 0 aliphatic carbocycles. The van der Waals surface area contributed by atoms with E-state index < -0.39 is 0 Å². The topological polar surface area (TPSA) is 44.2 Å². The first-order chi connectivity index (χ1) is 7.29. The van der Waals surface area contributed by atoms with Crippen molar-refractivity contribution in [2.45, 2.75) is 19.4 Å². The maximum atomic E-state index is 5.90. The van der Waals surface area contributed by atoms with E-state index in [1.165, 1.54) is 0 Å². The molecule has 82 valence electrons. The van der Waals surface area contributed by atoms with E-state index >= 15 is 0 Å². The van der Waals surface area contributed by atoms with Gasteiger partial charge in [0.25, 0.3) is 0 Å². The lowest BCUT2D eigenvalue weighted by Gasteiger charge is -2.21. The summed E-state index contributed by atoms with van der Waals surface area (Å²) in [6.07, 6.45) is 0.658. The molecule has 0 spiro atoms. The number of rotatable bonds is 2. The van der Waals surface area contributed by atoms with E-state index in [9.17, 15) is 0 Å². The summed E-state index contributed by atoms with van der Waals surface area (Å²) in [6, 6.07) is 1.77. The average molecular weight is 229 g/mol. The van der Waals surface area contributed by atoms with Gasteiger partial charge in [-0.25, -0.2) is 9.97 Å². The molecule has 0 aromatic carbocycles. The number of halogens is 1. The van der Waals surface area contributed by atoms with Gasteiger partial charge in [-0.3, -0.25) is 0 Å². The first kappa shape index (κ1) is 10.8. The number of hydrogen-bond acceptors (Lipinski definition) is 4. The Morgan fingerprint density at radius 2 is 2.33 bits per heavy atom.